The fourth-order valence-electron chi connectivity index (χ4n) is 7.94. The van der Waals surface area contributed by atoms with Crippen molar-refractivity contribution in [3.63, 3.8) is 0 Å². The lowest BCUT2D eigenvalue weighted by Gasteiger charge is -2.37. The summed E-state index contributed by atoms with van der Waals surface area (Å²) >= 11 is 3.81. The summed E-state index contributed by atoms with van der Waals surface area (Å²) < 4.78 is 6.81. The fraction of sp³-hybridized carbons (Fsp3) is 0.500. The number of rotatable bonds is 17. The molecule has 2 aromatic carbocycles. The highest BCUT2D eigenvalue weighted by Gasteiger charge is 2.76. The van der Waals surface area contributed by atoms with Gasteiger partial charge in [0.05, 0.1) is 17.9 Å². The fourth-order valence-corrected chi connectivity index (χ4v) is 8.88. The Hall–Kier alpha value is -3.47. The van der Waals surface area contributed by atoms with E-state index in [2.05, 4.69) is 47.8 Å². The molecular formula is C38H49BrN4O5. The summed E-state index contributed by atoms with van der Waals surface area (Å²) in [6.45, 7) is 15.1. The van der Waals surface area contributed by atoms with Crippen molar-refractivity contribution in [3.8, 4) is 0 Å². The molecule has 9 nitrogen and oxygen atoms in total. The number of carbonyl (C=O) groups is 3. The Bertz CT molecular complexity index is 1450. The largest absolute Gasteiger partial charge is 0.396 e. The quantitative estimate of drug-likeness (QED) is 0.138. The van der Waals surface area contributed by atoms with E-state index in [1.807, 2.05) is 54.6 Å². The molecule has 0 aliphatic carbocycles. The number of aliphatic hydroxyl groups is 1. The van der Waals surface area contributed by atoms with Crippen LogP contribution in [-0.4, -0.2) is 94.5 Å². The van der Waals surface area contributed by atoms with Crippen LogP contribution in [0.15, 0.2) is 79.9 Å². The number of aliphatic hydroxyl groups excluding tert-OH is 1. The second-order valence-corrected chi connectivity index (χ2v) is 14.1. The lowest BCUT2D eigenvalue weighted by Crippen LogP contribution is -2.57. The first-order valence-electron chi connectivity index (χ1n) is 17.2. The highest BCUT2D eigenvalue weighted by atomic mass is 79.9. The topological polar surface area (TPSA) is 93.6 Å². The third-order valence-electron chi connectivity index (χ3n) is 10.1. The van der Waals surface area contributed by atoms with Crippen LogP contribution in [0.3, 0.4) is 0 Å². The van der Waals surface area contributed by atoms with Gasteiger partial charge in [0.25, 0.3) is 5.91 Å². The van der Waals surface area contributed by atoms with Gasteiger partial charge in [0.15, 0.2) is 0 Å². The molecular weight excluding hydrogens is 672 g/mol. The highest BCUT2D eigenvalue weighted by Crippen LogP contribution is 2.60. The summed E-state index contributed by atoms with van der Waals surface area (Å²) in [7, 11) is 0. The predicted octanol–water partition coefficient (Wildman–Crippen LogP) is 5.18. The van der Waals surface area contributed by atoms with E-state index in [4.69, 9.17) is 4.74 Å². The zero-order chi connectivity index (χ0) is 34.4. The van der Waals surface area contributed by atoms with E-state index in [9.17, 15) is 19.5 Å². The van der Waals surface area contributed by atoms with Gasteiger partial charge in [-0.05, 0) is 69.4 Å². The van der Waals surface area contributed by atoms with Crippen LogP contribution in [0.25, 0.3) is 0 Å². The number of hydrogen-bond acceptors (Lipinski definition) is 6. The maximum absolute atomic E-state index is 14.9. The Morgan fingerprint density at radius 3 is 2.27 bits per heavy atom. The van der Waals surface area contributed by atoms with Crippen LogP contribution in [0.5, 0.6) is 0 Å². The van der Waals surface area contributed by atoms with Gasteiger partial charge in [0, 0.05) is 62.1 Å². The van der Waals surface area contributed by atoms with Crippen LogP contribution in [0.4, 0.5) is 11.4 Å². The van der Waals surface area contributed by atoms with Crippen LogP contribution in [0, 0.1) is 11.8 Å². The number of carbonyl (C=O) groups excluding carboxylic acids is 3. The Morgan fingerprint density at radius 2 is 1.65 bits per heavy atom. The predicted molar refractivity (Wildman–Crippen MR) is 193 cm³/mol. The van der Waals surface area contributed by atoms with E-state index in [1.54, 1.807) is 26.9 Å². The molecule has 48 heavy (non-hydrogen) atoms. The van der Waals surface area contributed by atoms with Crippen LogP contribution < -0.4 is 9.80 Å². The van der Waals surface area contributed by atoms with E-state index < -0.39 is 29.6 Å². The molecule has 3 amide bonds. The summed E-state index contributed by atoms with van der Waals surface area (Å²) in [5.74, 6) is -2.18. The number of halogens is 1. The third-order valence-corrected chi connectivity index (χ3v) is 11.0. The lowest BCUT2D eigenvalue weighted by atomic mass is 9.70. The average Bonchev–Trinajstić information content (AvgIpc) is 3.69. The molecule has 2 aromatic rings. The van der Waals surface area contributed by atoms with Gasteiger partial charge < -0.3 is 29.4 Å². The monoisotopic (exact) mass is 720 g/mol. The standard InChI is InChI=1S/C38H49BrN4O5/c1-5-21-41(26-27-15-11-9-12-16-27)35(45)31-32-36(46)43(23-13-10-14-24-44)34(38(32)25-30(39)33(31)48-38)37(47)42(22-6-2)29-19-17-28(18-20-29)40(7-3)8-4/h5-6,9,11-12,15-20,30-34,44H,1-2,7-8,10,13-14,21-26H2,3-4H3/t30?,31-,32-,33-,34?,38?/m0/s1. The number of alkyl halides is 1. The van der Waals surface area contributed by atoms with Gasteiger partial charge in [-0.25, -0.2) is 0 Å². The van der Waals surface area contributed by atoms with Crippen LogP contribution in [-0.2, 0) is 25.7 Å². The zero-order valence-electron chi connectivity index (χ0n) is 28.2. The van der Waals surface area contributed by atoms with Crippen LogP contribution in [0.1, 0.15) is 45.1 Å². The van der Waals surface area contributed by atoms with Crippen molar-refractivity contribution < 1.29 is 24.2 Å². The maximum Gasteiger partial charge on any atom is 0.253 e. The molecule has 3 saturated heterocycles. The summed E-state index contributed by atoms with van der Waals surface area (Å²) in [6, 6.07) is 16.7. The molecule has 0 aromatic heterocycles. The number of hydrogen-bond donors (Lipinski definition) is 1. The number of fused-ring (bicyclic) bond motifs is 1. The molecule has 3 heterocycles. The Balaban J connectivity index is 1.52. The first-order chi connectivity index (χ1) is 23.3. The molecule has 3 unspecified atom stereocenters. The normalized spacial score (nSPS) is 25.5. The summed E-state index contributed by atoms with van der Waals surface area (Å²) in [5.41, 5.74) is 1.58. The average molecular weight is 722 g/mol. The van der Waals surface area contributed by atoms with Gasteiger partial charge >= 0.3 is 0 Å². The second-order valence-electron chi connectivity index (χ2n) is 12.9. The van der Waals surface area contributed by atoms with E-state index in [0.717, 1.165) is 24.3 Å². The molecule has 258 valence electrons. The summed E-state index contributed by atoms with van der Waals surface area (Å²) in [6.07, 6.45) is 5.21. The highest BCUT2D eigenvalue weighted by molar-refractivity contribution is 9.09. The van der Waals surface area contributed by atoms with Gasteiger partial charge in [-0.2, -0.15) is 0 Å². The molecule has 2 bridgehead atoms. The number of anilines is 2. The molecule has 0 saturated carbocycles. The van der Waals surface area contributed by atoms with Crippen molar-refractivity contribution in [1.82, 2.24) is 9.80 Å². The summed E-state index contributed by atoms with van der Waals surface area (Å²) in [4.78, 5) is 51.2. The van der Waals surface area contributed by atoms with Crippen LogP contribution in [0.2, 0.25) is 0 Å². The van der Waals surface area contributed by atoms with Crippen molar-refractivity contribution in [1.29, 1.82) is 0 Å². The smallest absolute Gasteiger partial charge is 0.253 e. The second kappa shape index (κ2) is 15.8. The van der Waals surface area contributed by atoms with Gasteiger partial charge in [0.1, 0.15) is 11.6 Å². The van der Waals surface area contributed by atoms with Crippen molar-refractivity contribution in [3.05, 3.63) is 85.5 Å². The number of likely N-dealkylation sites (tertiary alicyclic amines) is 1. The van der Waals surface area contributed by atoms with Crippen molar-refractivity contribution in [2.75, 3.05) is 49.1 Å². The molecule has 0 radical (unpaired) electrons. The van der Waals surface area contributed by atoms with Gasteiger partial charge in [-0.15, -0.1) is 13.2 Å². The van der Waals surface area contributed by atoms with E-state index >= 15 is 0 Å². The van der Waals surface area contributed by atoms with Crippen molar-refractivity contribution >= 4 is 45.0 Å². The number of unbranched alkanes of at least 4 members (excludes halogenated alkanes) is 2. The van der Waals surface area contributed by atoms with E-state index in [0.29, 0.717) is 51.0 Å². The minimum absolute atomic E-state index is 0.0622. The lowest BCUT2D eigenvalue weighted by molar-refractivity contribution is -0.145. The minimum atomic E-state index is -1.17. The Labute approximate surface area is 293 Å². The minimum Gasteiger partial charge on any atom is -0.396 e. The Kier molecular flexibility index (Phi) is 11.8. The van der Waals surface area contributed by atoms with Gasteiger partial charge in [-0.1, -0.05) is 58.4 Å². The van der Waals surface area contributed by atoms with Crippen molar-refractivity contribution in [2.45, 2.75) is 68.6 Å². The Morgan fingerprint density at radius 1 is 0.979 bits per heavy atom. The summed E-state index contributed by atoms with van der Waals surface area (Å²) in [5, 5.41) is 9.41. The number of nitrogens with zero attached hydrogens (tertiary/aromatic N) is 4. The van der Waals surface area contributed by atoms with Gasteiger partial charge in [-0.3, -0.25) is 14.4 Å². The van der Waals surface area contributed by atoms with E-state index in [1.165, 1.54) is 0 Å². The number of benzene rings is 2. The van der Waals surface area contributed by atoms with Crippen molar-refractivity contribution in [2.24, 2.45) is 11.8 Å². The molecule has 3 aliphatic heterocycles. The molecule has 1 spiro atoms. The molecule has 1 N–H and O–H groups in total. The number of amides is 3. The van der Waals surface area contributed by atoms with Crippen LogP contribution >= 0.6 is 15.9 Å². The molecule has 3 fully saturated rings. The van der Waals surface area contributed by atoms with Gasteiger partial charge in [0.2, 0.25) is 11.8 Å². The SMILES string of the molecule is C=CCN(Cc1ccccc1)C(=O)[C@H]1[C@H]2C(=O)N(CCCCCO)C(C(=O)N(CC=C)c3ccc(N(CC)CC)cc3)C23CC(Br)[C@@H]1O3. The molecule has 3 aliphatic rings. The zero-order valence-corrected chi connectivity index (χ0v) is 29.8. The number of ether oxygens (including phenoxy) is 1. The first kappa shape index (κ1) is 35.8. The molecule has 10 heteroatoms. The first-order valence-corrected chi connectivity index (χ1v) is 18.1. The third kappa shape index (κ3) is 6.71. The molecule has 5 rings (SSSR count). The maximum atomic E-state index is 14.9. The van der Waals surface area contributed by atoms with E-state index in [-0.39, 0.29) is 35.7 Å². The molecule has 6 atom stereocenters.